The van der Waals surface area contributed by atoms with Crippen LogP contribution < -0.4 is 4.90 Å². The summed E-state index contributed by atoms with van der Waals surface area (Å²) < 4.78 is 24.5. The number of sulfone groups is 1. The van der Waals surface area contributed by atoms with E-state index in [0.717, 1.165) is 60.3 Å². The van der Waals surface area contributed by atoms with Gasteiger partial charge in [0.15, 0.2) is 15.0 Å². The molecule has 1 saturated heterocycles. The van der Waals surface area contributed by atoms with Crippen LogP contribution in [0, 0.1) is 11.8 Å². The number of benzene rings is 1. The maximum Gasteiger partial charge on any atom is 0.225 e. The molecule has 0 unspecified atom stereocenters. The molecule has 0 bridgehead atoms. The van der Waals surface area contributed by atoms with Gasteiger partial charge in [0.05, 0.1) is 15.1 Å². The lowest BCUT2D eigenvalue weighted by molar-refractivity contribution is -0.137. The average Bonchev–Trinajstić information content (AvgIpc) is 3.20. The molecule has 1 amide bonds. The Hall–Kier alpha value is -1.67. The predicted octanol–water partition coefficient (Wildman–Crippen LogP) is 4.35. The summed E-state index contributed by atoms with van der Waals surface area (Å²) >= 11 is 1.53. The van der Waals surface area contributed by atoms with Crippen LogP contribution in [0.3, 0.4) is 0 Å². The number of hydrogen-bond acceptors (Lipinski definition) is 6. The predicted molar refractivity (Wildman–Crippen MR) is 126 cm³/mol. The van der Waals surface area contributed by atoms with Gasteiger partial charge in [-0.1, -0.05) is 37.5 Å². The molecule has 4 rings (SSSR count). The van der Waals surface area contributed by atoms with Crippen LogP contribution in [0.15, 0.2) is 23.1 Å². The van der Waals surface area contributed by atoms with E-state index < -0.39 is 9.84 Å². The summed E-state index contributed by atoms with van der Waals surface area (Å²) in [6.07, 6.45) is 9.63. The number of thiazole rings is 1. The number of fused-ring (bicyclic) bond motifs is 1. The van der Waals surface area contributed by atoms with Crippen LogP contribution in [0.5, 0.6) is 0 Å². The highest BCUT2D eigenvalue weighted by molar-refractivity contribution is 7.90. The largest absolute Gasteiger partial charge is 0.345 e. The fourth-order valence-electron chi connectivity index (χ4n) is 4.83. The van der Waals surface area contributed by atoms with Gasteiger partial charge >= 0.3 is 0 Å². The number of amides is 1. The zero-order valence-electron chi connectivity index (χ0n) is 18.5. The van der Waals surface area contributed by atoms with Crippen LogP contribution >= 0.6 is 11.3 Å². The maximum absolute atomic E-state index is 13.0. The molecule has 8 heteroatoms. The second kappa shape index (κ2) is 9.45. The lowest BCUT2D eigenvalue weighted by atomic mass is 9.79. The molecular formula is C23H33N3O3S2. The fourth-order valence-corrected chi connectivity index (χ4v) is 6.60. The third-order valence-corrected chi connectivity index (χ3v) is 8.99. The van der Waals surface area contributed by atoms with Gasteiger partial charge in [-0.05, 0) is 49.8 Å². The number of anilines is 1. The molecule has 1 aliphatic heterocycles. The number of carbonyl (C=O) groups is 1. The van der Waals surface area contributed by atoms with E-state index in [1.54, 1.807) is 18.2 Å². The minimum atomic E-state index is -3.22. The lowest BCUT2D eigenvalue weighted by Crippen LogP contribution is -2.50. The first-order valence-electron chi connectivity index (χ1n) is 11.5. The van der Waals surface area contributed by atoms with E-state index in [4.69, 9.17) is 4.98 Å². The van der Waals surface area contributed by atoms with Crippen LogP contribution in [0.25, 0.3) is 10.2 Å². The second-order valence-electron chi connectivity index (χ2n) is 9.07. The highest BCUT2D eigenvalue weighted by Crippen LogP contribution is 2.34. The van der Waals surface area contributed by atoms with E-state index in [1.807, 2.05) is 4.90 Å². The molecule has 6 nitrogen and oxygen atoms in total. The molecule has 170 valence electrons. The summed E-state index contributed by atoms with van der Waals surface area (Å²) in [5.41, 5.74) is 0.825. The summed E-state index contributed by atoms with van der Waals surface area (Å²) in [7, 11) is -3.22. The summed E-state index contributed by atoms with van der Waals surface area (Å²) in [5, 5.41) is 0.907. The highest BCUT2D eigenvalue weighted by atomic mass is 32.2. The van der Waals surface area contributed by atoms with E-state index >= 15 is 0 Å². The molecule has 1 aliphatic carbocycles. The molecule has 1 saturated carbocycles. The Bertz CT molecular complexity index is 1020. The molecule has 1 aromatic carbocycles. The molecule has 0 radical (unpaired) electrons. The Kier molecular flexibility index (Phi) is 6.86. The smallest absolute Gasteiger partial charge is 0.225 e. The summed E-state index contributed by atoms with van der Waals surface area (Å²) in [5.74, 6) is 1.38. The van der Waals surface area contributed by atoms with Gasteiger partial charge in [0.1, 0.15) is 0 Å². The first-order valence-corrected chi connectivity index (χ1v) is 14.2. The van der Waals surface area contributed by atoms with Crippen LogP contribution in [0.4, 0.5) is 5.13 Å². The number of hydrogen-bond donors (Lipinski definition) is 0. The van der Waals surface area contributed by atoms with Crippen LogP contribution in [-0.4, -0.2) is 56.6 Å². The monoisotopic (exact) mass is 463 g/mol. The molecule has 0 N–H and O–H groups in total. The van der Waals surface area contributed by atoms with Crippen molar-refractivity contribution >= 4 is 42.4 Å². The molecule has 2 fully saturated rings. The van der Waals surface area contributed by atoms with Gasteiger partial charge in [-0.15, -0.1) is 0 Å². The molecule has 2 heterocycles. The van der Waals surface area contributed by atoms with Crippen LogP contribution in [0.1, 0.15) is 51.9 Å². The number of unbranched alkanes of at least 4 members (excludes halogenated alkanes) is 1. The molecule has 1 aromatic heterocycles. The topological polar surface area (TPSA) is 70.6 Å². The quantitative estimate of drug-likeness (QED) is 0.637. The molecule has 0 atom stereocenters. The normalized spacial score (nSPS) is 22.8. The fraction of sp³-hybridized carbons (Fsp3) is 0.652. The van der Waals surface area contributed by atoms with Gasteiger partial charge in [0.2, 0.25) is 5.91 Å². The van der Waals surface area contributed by atoms with Gasteiger partial charge < -0.3 is 9.80 Å². The van der Waals surface area contributed by atoms with Gasteiger partial charge in [0, 0.05) is 38.4 Å². The van der Waals surface area contributed by atoms with Gasteiger partial charge in [0.25, 0.3) is 0 Å². The minimum absolute atomic E-state index is 0.210. The summed E-state index contributed by atoms with van der Waals surface area (Å²) in [4.78, 5) is 22.3. The molecule has 2 aliphatic rings. The summed E-state index contributed by atoms with van der Waals surface area (Å²) in [6, 6.07) is 5.11. The first-order chi connectivity index (χ1) is 14.8. The van der Waals surface area contributed by atoms with E-state index in [2.05, 4.69) is 11.8 Å². The number of rotatable bonds is 6. The zero-order chi connectivity index (χ0) is 22.0. The average molecular weight is 464 g/mol. The standard InChI is InChI=1S/C23H33N3O3S2/c1-3-4-5-17-6-8-18(9-7-17)22(27)25-12-14-26(15-13-25)23-24-20-11-10-19(31(2,28)29)16-21(20)30-23/h10-11,16-18H,3-9,12-15H2,1-2H3. The van der Waals surface area contributed by atoms with Crippen LogP contribution in [-0.2, 0) is 14.6 Å². The van der Waals surface area contributed by atoms with E-state index in [9.17, 15) is 13.2 Å². The SMILES string of the molecule is CCCCC1CCC(C(=O)N2CCN(c3nc4ccc(S(C)(=O)=O)cc4s3)CC2)CC1. The van der Waals surface area contributed by atoms with Crippen molar-refractivity contribution in [3.05, 3.63) is 18.2 Å². The first kappa shape index (κ1) is 22.5. The molecule has 31 heavy (non-hydrogen) atoms. The number of aromatic nitrogens is 1. The Morgan fingerprint density at radius 2 is 1.84 bits per heavy atom. The molecule has 0 spiro atoms. The molecular weight excluding hydrogens is 430 g/mol. The zero-order valence-corrected chi connectivity index (χ0v) is 20.2. The Morgan fingerprint density at radius 3 is 2.48 bits per heavy atom. The van der Waals surface area contributed by atoms with Crippen molar-refractivity contribution in [1.29, 1.82) is 0 Å². The van der Waals surface area contributed by atoms with Crippen LogP contribution in [0.2, 0.25) is 0 Å². The maximum atomic E-state index is 13.0. The number of piperazine rings is 1. The van der Waals surface area contributed by atoms with Gasteiger partial charge in [-0.25, -0.2) is 13.4 Å². The van der Waals surface area contributed by atoms with E-state index in [-0.39, 0.29) is 5.92 Å². The van der Waals surface area contributed by atoms with Crippen molar-refractivity contribution in [2.75, 3.05) is 37.3 Å². The Morgan fingerprint density at radius 1 is 1.13 bits per heavy atom. The van der Waals surface area contributed by atoms with E-state index in [0.29, 0.717) is 10.8 Å². The summed E-state index contributed by atoms with van der Waals surface area (Å²) in [6.45, 7) is 5.26. The van der Waals surface area contributed by atoms with Crippen molar-refractivity contribution in [2.45, 2.75) is 56.8 Å². The third-order valence-electron chi connectivity index (χ3n) is 6.80. The molecule has 2 aromatic rings. The van der Waals surface area contributed by atoms with Gasteiger partial charge in [-0.2, -0.15) is 0 Å². The number of nitrogens with zero attached hydrogens (tertiary/aromatic N) is 3. The Balaban J connectivity index is 1.33. The van der Waals surface area contributed by atoms with Gasteiger partial charge in [-0.3, -0.25) is 4.79 Å². The second-order valence-corrected chi connectivity index (χ2v) is 12.1. The third kappa shape index (κ3) is 5.22. The minimum Gasteiger partial charge on any atom is -0.345 e. The Labute approximate surface area is 189 Å². The van der Waals surface area contributed by atoms with Crippen molar-refractivity contribution in [2.24, 2.45) is 11.8 Å². The van der Waals surface area contributed by atoms with Crippen molar-refractivity contribution < 1.29 is 13.2 Å². The lowest BCUT2D eigenvalue weighted by Gasteiger charge is -2.37. The van der Waals surface area contributed by atoms with Crippen molar-refractivity contribution in [3.63, 3.8) is 0 Å². The van der Waals surface area contributed by atoms with Crippen molar-refractivity contribution in [3.8, 4) is 0 Å². The van der Waals surface area contributed by atoms with Crippen molar-refractivity contribution in [1.82, 2.24) is 9.88 Å². The highest BCUT2D eigenvalue weighted by Gasteiger charge is 2.31. The van der Waals surface area contributed by atoms with E-state index in [1.165, 1.54) is 49.7 Å². The number of carbonyl (C=O) groups excluding carboxylic acids is 1.